The quantitative estimate of drug-likeness (QED) is 0.845. The van der Waals surface area contributed by atoms with Gasteiger partial charge >= 0.3 is 0 Å². The third kappa shape index (κ3) is 3.31. The average Bonchev–Trinajstić information content (AvgIpc) is 2.96. The molecule has 1 fully saturated rings. The van der Waals surface area contributed by atoms with Crippen LogP contribution >= 0.6 is 0 Å². The van der Waals surface area contributed by atoms with Crippen LogP contribution in [0, 0.1) is 25.2 Å². The highest BCUT2D eigenvalue weighted by atomic mass is 16.5. The Bertz CT molecular complexity index is 837. The lowest BCUT2D eigenvalue weighted by atomic mass is 10.1. The van der Waals surface area contributed by atoms with Crippen molar-refractivity contribution in [1.29, 1.82) is 5.26 Å². The minimum Gasteiger partial charge on any atom is -0.372 e. The predicted octanol–water partition coefficient (Wildman–Crippen LogP) is 3.22. The van der Waals surface area contributed by atoms with Crippen LogP contribution in [0.1, 0.15) is 41.0 Å². The molecule has 2 atom stereocenters. The SMILES string of the molecule is Cc1ccc(-n2ccc(C#N)c2C(=O)N2C[C@@H](C)O[C@H](C)C2)c(C)c1. The molecule has 1 aromatic heterocycles. The van der Waals surface area contributed by atoms with Crippen LogP contribution in [0.5, 0.6) is 0 Å². The summed E-state index contributed by atoms with van der Waals surface area (Å²) in [6.45, 7) is 9.05. The molecule has 0 bridgehead atoms. The van der Waals surface area contributed by atoms with Gasteiger partial charge in [-0.2, -0.15) is 5.26 Å². The van der Waals surface area contributed by atoms with E-state index in [4.69, 9.17) is 4.74 Å². The van der Waals surface area contributed by atoms with Gasteiger partial charge in [0, 0.05) is 25.0 Å². The lowest BCUT2D eigenvalue weighted by Crippen LogP contribution is -2.48. The lowest BCUT2D eigenvalue weighted by Gasteiger charge is -2.35. The largest absolute Gasteiger partial charge is 0.372 e. The number of aryl methyl sites for hydroxylation is 2. The topological polar surface area (TPSA) is 58.3 Å². The first-order valence-corrected chi connectivity index (χ1v) is 8.54. The van der Waals surface area contributed by atoms with Gasteiger partial charge in [0.2, 0.25) is 0 Å². The first kappa shape index (κ1) is 17.2. The zero-order valence-corrected chi connectivity index (χ0v) is 15.1. The van der Waals surface area contributed by atoms with Crippen molar-refractivity contribution in [3.8, 4) is 11.8 Å². The summed E-state index contributed by atoms with van der Waals surface area (Å²) in [4.78, 5) is 15.0. The first-order valence-electron chi connectivity index (χ1n) is 8.54. The Labute approximate surface area is 148 Å². The molecule has 0 aliphatic carbocycles. The van der Waals surface area contributed by atoms with E-state index in [-0.39, 0.29) is 18.1 Å². The molecule has 5 nitrogen and oxygen atoms in total. The number of rotatable bonds is 2. The normalized spacial score (nSPS) is 20.4. The minimum absolute atomic E-state index is 0.0113. The zero-order chi connectivity index (χ0) is 18.1. The number of benzene rings is 1. The Morgan fingerprint density at radius 3 is 2.48 bits per heavy atom. The van der Waals surface area contributed by atoms with Crippen LogP contribution < -0.4 is 0 Å². The van der Waals surface area contributed by atoms with Gasteiger partial charge < -0.3 is 14.2 Å². The van der Waals surface area contributed by atoms with Crippen LogP contribution in [0.3, 0.4) is 0 Å². The number of carbonyl (C=O) groups is 1. The highest BCUT2D eigenvalue weighted by molar-refractivity contribution is 5.96. The number of hydrogen-bond donors (Lipinski definition) is 0. The molecule has 1 aliphatic rings. The van der Waals surface area contributed by atoms with Gasteiger partial charge in [-0.05, 0) is 45.4 Å². The van der Waals surface area contributed by atoms with Gasteiger partial charge in [0.1, 0.15) is 11.8 Å². The predicted molar refractivity (Wildman–Crippen MR) is 95.9 cm³/mol. The van der Waals surface area contributed by atoms with Gasteiger partial charge in [-0.3, -0.25) is 4.79 Å². The Morgan fingerprint density at radius 1 is 1.20 bits per heavy atom. The number of hydrogen-bond acceptors (Lipinski definition) is 3. The number of nitriles is 1. The van der Waals surface area contributed by atoms with E-state index >= 15 is 0 Å². The molecule has 130 valence electrons. The molecule has 25 heavy (non-hydrogen) atoms. The van der Waals surface area contributed by atoms with Gasteiger partial charge in [-0.1, -0.05) is 17.7 Å². The standard InChI is InChI=1S/C20H23N3O2/c1-13-5-6-18(14(2)9-13)23-8-7-17(10-21)19(23)20(24)22-11-15(3)25-16(4)12-22/h5-9,15-16H,11-12H2,1-4H3/t15-,16-/m1/s1. The molecule has 0 N–H and O–H groups in total. The summed E-state index contributed by atoms with van der Waals surface area (Å²) in [7, 11) is 0. The highest BCUT2D eigenvalue weighted by Gasteiger charge is 2.30. The molecular formula is C20H23N3O2. The Kier molecular flexibility index (Phi) is 4.65. The maximum Gasteiger partial charge on any atom is 0.272 e. The molecule has 1 aromatic carbocycles. The summed E-state index contributed by atoms with van der Waals surface area (Å²) >= 11 is 0. The van der Waals surface area contributed by atoms with E-state index in [0.717, 1.165) is 16.8 Å². The second kappa shape index (κ2) is 6.73. The molecule has 2 aromatic rings. The molecule has 1 amide bonds. The van der Waals surface area contributed by atoms with Gasteiger partial charge in [0.15, 0.2) is 0 Å². The molecule has 3 rings (SSSR count). The van der Waals surface area contributed by atoms with E-state index in [1.807, 2.05) is 44.4 Å². The first-order chi connectivity index (χ1) is 11.9. The zero-order valence-electron chi connectivity index (χ0n) is 15.1. The van der Waals surface area contributed by atoms with Crippen LogP contribution in [0.15, 0.2) is 30.5 Å². The van der Waals surface area contributed by atoms with E-state index in [9.17, 15) is 10.1 Å². The smallest absolute Gasteiger partial charge is 0.272 e. The fourth-order valence-electron chi connectivity index (χ4n) is 3.51. The van der Waals surface area contributed by atoms with Crippen LogP contribution in [-0.4, -0.2) is 40.7 Å². The van der Waals surface area contributed by atoms with Crippen molar-refractivity contribution in [2.45, 2.75) is 39.9 Å². The molecule has 0 unspecified atom stereocenters. The van der Waals surface area contributed by atoms with E-state index in [1.165, 1.54) is 0 Å². The van der Waals surface area contributed by atoms with Crippen LogP contribution in [-0.2, 0) is 4.74 Å². The van der Waals surface area contributed by atoms with Crippen molar-refractivity contribution >= 4 is 5.91 Å². The minimum atomic E-state index is -0.122. The number of amides is 1. The van der Waals surface area contributed by atoms with E-state index < -0.39 is 0 Å². The Balaban J connectivity index is 2.05. The summed E-state index contributed by atoms with van der Waals surface area (Å²) in [6, 6.07) is 9.95. The third-order valence-electron chi connectivity index (χ3n) is 4.53. The van der Waals surface area contributed by atoms with Crippen LogP contribution in [0.4, 0.5) is 0 Å². The van der Waals surface area contributed by atoms with Crippen molar-refractivity contribution in [2.24, 2.45) is 0 Å². The lowest BCUT2D eigenvalue weighted by molar-refractivity contribution is -0.0588. The number of morpholine rings is 1. The van der Waals surface area contributed by atoms with Gasteiger partial charge in [0.05, 0.1) is 17.8 Å². The molecule has 0 radical (unpaired) electrons. The maximum atomic E-state index is 13.2. The third-order valence-corrected chi connectivity index (χ3v) is 4.53. The second-order valence-electron chi connectivity index (χ2n) is 6.82. The van der Waals surface area contributed by atoms with Gasteiger partial charge in [-0.25, -0.2) is 0 Å². The molecule has 1 aliphatic heterocycles. The number of aromatic nitrogens is 1. The highest BCUT2D eigenvalue weighted by Crippen LogP contribution is 2.24. The van der Waals surface area contributed by atoms with E-state index in [0.29, 0.717) is 24.3 Å². The number of ether oxygens (including phenoxy) is 1. The monoisotopic (exact) mass is 337 g/mol. The summed E-state index contributed by atoms with van der Waals surface area (Å²) in [6.07, 6.45) is 1.78. The van der Waals surface area contributed by atoms with Crippen molar-refractivity contribution in [2.75, 3.05) is 13.1 Å². The Morgan fingerprint density at radius 2 is 1.88 bits per heavy atom. The van der Waals surface area contributed by atoms with E-state index in [2.05, 4.69) is 12.1 Å². The van der Waals surface area contributed by atoms with Crippen molar-refractivity contribution in [1.82, 2.24) is 9.47 Å². The summed E-state index contributed by atoms with van der Waals surface area (Å²) < 4.78 is 7.56. The fraction of sp³-hybridized carbons (Fsp3) is 0.400. The molecule has 1 saturated heterocycles. The van der Waals surface area contributed by atoms with E-state index in [1.54, 1.807) is 17.2 Å². The summed E-state index contributed by atoms with van der Waals surface area (Å²) in [5, 5.41) is 9.48. The molecular weight excluding hydrogens is 314 g/mol. The molecule has 0 spiro atoms. The molecule has 0 saturated carbocycles. The molecule has 5 heteroatoms. The van der Waals surface area contributed by atoms with Crippen molar-refractivity contribution in [3.05, 3.63) is 52.8 Å². The van der Waals surface area contributed by atoms with Crippen molar-refractivity contribution in [3.63, 3.8) is 0 Å². The second-order valence-corrected chi connectivity index (χ2v) is 6.82. The average molecular weight is 337 g/mol. The molecule has 2 heterocycles. The number of carbonyl (C=O) groups excluding carboxylic acids is 1. The maximum absolute atomic E-state index is 13.2. The summed E-state index contributed by atoms with van der Waals surface area (Å²) in [5.41, 5.74) is 3.98. The summed E-state index contributed by atoms with van der Waals surface area (Å²) in [5.74, 6) is -0.122. The van der Waals surface area contributed by atoms with Crippen LogP contribution in [0.2, 0.25) is 0 Å². The van der Waals surface area contributed by atoms with Crippen molar-refractivity contribution < 1.29 is 9.53 Å². The van der Waals surface area contributed by atoms with Crippen LogP contribution in [0.25, 0.3) is 5.69 Å². The fourth-order valence-corrected chi connectivity index (χ4v) is 3.51. The Hall–Kier alpha value is -2.58. The van der Waals surface area contributed by atoms with Gasteiger partial charge in [0.25, 0.3) is 5.91 Å². The number of nitrogens with zero attached hydrogens (tertiary/aromatic N) is 3. The van der Waals surface area contributed by atoms with Gasteiger partial charge in [-0.15, -0.1) is 0 Å².